The molecule has 4 aromatic rings. The van der Waals surface area contributed by atoms with Gasteiger partial charge in [-0.3, -0.25) is 9.78 Å². The van der Waals surface area contributed by atoms with Gasteiger partial charge >= 0.3 is 0 Å². The molecular weight excluding hydrogens is 402 g/mol. The Bertz CT molecular complexity index is 1220. The van der Waals surface area contributed by atoms with Gasteiger partial charge in [-0.05, 0) is 79.8 Å². The normalized spacial score (nSPS) is 10.7. The van der Waals surface area contributed by atoms with Crippen LogP contribution < -0.4 is 10.1 Å². The van der Waals surface area contributed by atoms with Crippen LogP contribution in [0.5, 0.6) is 5.75 Å². The average Bonchev–Trinajstić information content (AvgIpc) is 3.17. The summed E-state index contributed by atoms with van der Waals surface area (Å²) in [5.41, 5.74) is 6.11. The molecule has 0 aliphatic rings. The molecule has 0 saturated carbocycles. The number of nitrogens with zero attached hydrogens (tertiary/aromatic N) is 2. The van der Waals surface area contributed by atoms with Crippen molar-refractivity contribution in [2.24, 2.45) is 0 Å². The van der Waals surface area contributed by atoms with Gasteiger partial charge in [-0.25, -0.2) is 0 Å². The Kier molecular flexibility index (Phi) is 6.31. The minimum Gasteiger partial charge on any atom is -0.488 e. The summed E-state index contributed by atoms with van der Waals surface area (Å²) >= 11 is 0. The molecule has 0 atom stereocenters. The number of carbonyl (C=O) groups is 1. The first-order valence-corrected chi connectivity index (χ1v) is 10.4. The van der Waals surface area contributed by atoms with Gasteiger partial charge in [0.15, 0.2) is 5.69 Å². The van der Waals surface area contributed by atoms with Crippen LogP contribution in [0, 0.1) is 20.8 Å². The summed E-state index contributed by atoms with van der Waals surface area (Å²) in [4.78, 5) is 16.9. The summed E-state index contributed by atoms with van der Waals surface area (Å²) in [6.45, 7) is 6.03. The van der Waals surface area contributed by atoms with Crippen LogP contribution in [0.1, 0.15) is 44.1 Å². The molecule has 6 nitrogen and oxygen atoms in total. The average molecular weight is 428 g/mol. The lowest BCUT2D eigenvalue weighted by Crippen LogP contribution is -2.15. The van der Waals surface area contributed by atoms with Gasteiger partial charge in [0, 0.05) is 18.1 Å². The maximum atomic E-state index is 12.9. The van der Waals surface area contributed by atoms with E-state index < -0.39 is 0 Å². The molecule has 4 rings (SSSR count). The van der Waals surface area contributed by atoms with Crippen molar-refractivity contribution in [3.05, 3.63) is 106 Å². The van der Waals surface area contributed by atoms with Crippen molar-refractivity contribution < 1.29 is 14.1 Å². The second-order valence-corrected chi connectivity index (χ2v) is 7.74. The number of benzene rings is 2. The highest BCUT2D eigenvalue weighted by molar-refractivity contribution is 6.03. The summed E-state index contributed by atoms with van der Waals surface area (Å²) in [5, 5.41) is 6.86. The standard InChI is InChI=1S/C26H25N3O3/c1-17-5-4-6-24(18(17)2)31-16-23-19(3)32-29-25(23)26(30)28-22-9-7-20(8-10-22)15-21-11-13-27-14-12-21/h4-14H,15-16H2,1-3H3,(H,28,30). The lowest BCUT2D eigenvalue weighted by Gasteiger charge is -2.11. The molecule has 0 saturated heterocycles. The minimum atomic E-state index is -0.330. The Morgan fingerprint density at radius 1 is 0.969 bits per heavy atom. The van der Waals surface area contributed by atoms with Crippen molar-refractivity contribution in [3.8, 4) is 5.75 Å². The number of rotatable bonds is 7. The van der Waals surface area contributed by atoms with E-state index in [4.69, 9.17) is 9.26 Å². The first-order valence-electron chi connectivity index (χ1n) is 10.4. The van der Waals surface area contributed by atoms with Crippen LogP contribution in [0.15, 0.2) is 71.5 Å². The molecule has 0 radical (unpaired) electrons. The summed E-state index contributed by atoms with van der Waals surface area (Å²) in [6.07, 6.45) is 4.37. The molecule has 2 heterocycles. The predicted molar refractivity (Wildman–Crippen MR) is 123 cm³/mol. The largest absolute Gasteiger partial charge is 0.488 e. The van der Waals surface area contributed by atoms with E-state index in [1.165, 1.54) is 5.56 Å². The fourth-order valence-electron chi connectivity index (χ4n) is 3.40. The molecule has 0 unspecified atom stereocenters. The smallest absolute Gasteiger partial charge is 0.278 e. The number of ether oxygens (including phenoxy) is 1. The van der Waals surface area contributed by atoms with Crippen molar-refractivity contribution in [2.75, 3.05) is 5.32 Å². The Morgan fingerprint density at radius 2 is 1.69 bits per heavy atom. The molecule has 162 valence electrons. The number of amides is 1. The van der Waals surface area contributed by atoms with Gasteiger partial charge in [0.25, 0.3) is 5.91 Å². The number of hydrogen-bond acceptors (Lipinski definition) is 5. The van der Waals surface area contributed by atoms with Gasteiger partial charge in [-0.2, -0.15) is 0 Å². The Hall–Kier alpha value is -3.93. The SMILES string of the molecule is Cc1cccc(OCc2c(C(=O)Nc3ccc(Cc4ccncc4)cc3)noc2C)c1C. The predicted octanol–water partition coefficient (Wildman–Crippen LogP) is 5.42. The molecule has 2 aromatic heterocycles. The van der Waals surface area contributed by atoms with Crippen molar-refractivity contribution in [1.82, 2.24) is 10.1 Å². The number of aryl methyl sites for hydroxylation is 2. The Labute approximate surface area is 187 Å². The highest BCUT2D eigenvalue weighted by Gasteiger charge is 2.21. The molecule has 0 aliphatic heterocycles. The molecule has 0 spiro atoms. The van der Waals surface area contributed by atoms with Crippen LogP contribution in [0.3, 0.4) is 0 Å². The van der Waals surface area contributed by atoms with Gasteiger partial charge in [0.2, 0.25) is 0 Å². The topological polar surface area (TPSA) is 77.2 Å². The zero-order valence-electron chi connectivity index (χ0n) is 18.4. The summed E-state index contributed by atoms with van der Waals surface area (Å²) in [6, 6.07) is 17.6. The second kappa shape index (κ2) is 9.47. The third kappa shape index (κ3) is 4.86. The van der Waals surface area contributed by atoms with Crippen LogP contribution in [0.25, 0.3) is 0 Å². The number of pyridine rings is 1. The summed E-state index contributed by atoms with van der Waals surface area (Å²) < 4.78 is 11.3. The van der Waals surface area contributed by atoms with E-state index in [1.807, 2.05) is 68.4 Å². The molecular formula is C26H25N3O3. The van der Waals surface area contributed by atoms with E-state index in [0.29, 0.717) is 17.0 Å². The van der Waals surface area contributed by atoms with Crippen LogP contribution in [0.4, 0.5) is 5.69 Å². The van der Waals surface area contributed by atoms with Gasteiger partial charge in [-0.15, -0.1) is 0 Å². The van der Waals surface area contributed by atoms with Gasteiger partial charge < -0.3 is 14.6 Å². The Morgan fingerprint density at radius 3 is 2.44 bits per heavy atom. The van der Waals surface area contributed by atoms with E-state index in [1.54, 1.807) is 19.3 Å². The van der Waals surface area contributed by atoms with Crippen molar-refractivity contribution >= 4 is 11.6 Å². The van der Waals surface area contributed by atoms with Gasteiger partial charge in [-0.1, -0.05) is 29.4 Å². The molecule has 1 amide bonds. The van der Waals surface area contributed by atoms with E-state index in [-0.39, 0.29) is 18.2 Å². The third-order valence-corrected chi connectivity index (χ3v) is 5.50. The summed E-state index contributed by atoms with van der Waals surface area (Å²) in [5.74, 6) is 1.01. The molecule has 0 fully saturated rings. The zero-order chi connectivity index (χ0) is 22.5. The molecule has 0 bridgehead atoms. The highest BCUT2D eigenvalue weighted by atomic mass is 16.5. The van der Waals surface area contributed by atoms with E-state index in [2.05, 4.69) is 15.5 Å². The molecule has 1 N–H and O–H groups in total. The van der Waals surface area contributed by atoms with E-state index in [0.717, 1.165) is 28.9 Å². The number of carbonyl (C=O) groups excluding carboxylic acids is 1. The van der Waals surface area contributed by atoms with Crippen molar-refractivity contribution in [2.45, 2.75) is 33.8 Å². The quantitative estimate of drug-likeness (QED) is 0.426. The van der Waals surface area contributed by atoms with Crippen LogP contribution >= 0.6 is 0 Å². The van der Waals surface area contributed by atoms with Gasteiger partial charge in [0.1, 0.15) is 18.1 Å². The maximum Gasteiger partial charge on any atom is 0.278 e. The van der Waals surface area contributed by atoms with Crippen molar-refractivity contribution in [1.29, 1.82) is 0 Å². The zero-order valence-corrected chi connectivity index (χ0v) is 18.4. The molecule has 2 aromatic carbocycles. The third-order valence-electron chi connectivity index (χ3n) is 5.50. The maximum absolute atomic E-state index is 12.9. The number of aromatic nitrogens is 2. The molecule has 6 heteroatoms. The van der Waals surface area contributed by atoms with E-state index in [9.17, 15) is 4.79 Å². The monoisotopic (exact) mass is 427 g/mol. The number of hydrogen-bond donors (Lipinski definition) is 1. The van der Waals surface area contributed by atoms with Crippen LogP contribution in [-0.2, 0) is 13.0 Å². The van der Waals surface area contributed by atoms with Crippen LogP contribution in [0.2, 0.25) is 0 Å². The molecule has 0 aliphatic carbocycles. The van der Waals surface area contributed by atoms with Gasteiger partial charge in [0.05, 0.1) is 5.56 Å². The fraction of sp³-hybridized carbons (Fsp3) is 0.192. The summed E-state index contributed by atoms with van der Waals surface area (Å²) in [7, 11) is 0. The van der Waals surface area contributed by atoms with E-state index >= 15 is 0 Å². The second-order valence-electron chi connectivity index (χ2n) is 7.74. The minimum absolute atomic E-state index is 0.202. The first kappa shape index (κ1) is 21.3. The first-order chi connectivity index (χ1) is 15.5. The van der Waals surface area contributed by atoms with Crippen LogP contribution in [-0.4, -0.2) is 16.0 Å². The highest BCUT2D eigenvalue weighted by Crippen LogP contribution is 2.24. The lowest BCUT2D eigenvalue weighted by atomic mass is 10.1. The lowest BCUT2D eigenvalue weighted by molar-refractivity contribution is 0.101. The van der Waals surface area contributed by atoms with Crippen molar-refractivity contribution in [3.63, 3.8) is 0 Å². The number of anilines is 1. The number of nitrogens with one attached hydrogen (secondary N) is 1. The Balaban J connectivity index is 1.43. The fourth-order valence-corrected chi connectivity index (χ4v) is 3.40. The molecule has 32 heavy (non-hydrogen) atoms.